The maximum atomic E-state index is 0. The number of halogens is 4. The molecule has 0 fully saturated rings. The number of hydrogen-bond donors (Lipinski definition) is 0. The van der Waals surface area contributed by atoms with E-state index < -0.39 is 0 Å². The third-order valence-corrected chi connectivity index (χ3v) is 0. The van der Waals surface area contributed by atoms with E-state index in [1.54, 1.807) is 0 Å². The third kappa shape index (κ3) is 36.7. The molecule has 0 aliphatic heterocycles. The molecule has 0 amide bonds. The molecule has 0 aliphatic carbocycles. The molecule has 0 aromatic rings. The van der Waals surface area contributed by atoms with Crippen molar-refractivity contribution in [2.75, 3.05) is 0 Å². The minimum atomic E-state index is 0. The number of rotatable bonds is 0. The molecule has 0 radical (unpaired) electrons. The van der Waals surface area contributed by atoms with Crippen LogP contribution in [-0.4, -0.2) is 80.9 Å². The van der Waals surface area contributed by atoms with Crippen molar-refractivity contribution in [2.24, 2.45) is 0 Å². The second kappa shape index (κ2) is 45.7. The number of hydrogen-bond acceptors (Lipinski definition) is 0. The van der Waals surface area contributed by atoms with E-state index in [9.17, 15) is 0 Å². The van der Waals surface area contributed by atoms with Crippen LogP contribution in [-0.2, 0) is 26.2 Å². The van der Waals surface area contributed by atoms with E-state index in [0.29, 0.717) is 0 Å². The van der Waals surface area contributed by atoms with E-state index in [2.05, 4.69) is 0 Å². The van der Waals surface area contributed by atoms with Crippen LogP contribution in [0.1, 0.15) is 0 Å². The summed E-state index contributed by atoms with van der Waals surface area (Å²) in [7, 11) is 0. The summed E-state index contributed by atoms with van der Waals surface area (Å²) in [5, 5.41) is 0. The van der Waals surface area contributed by atoms with E-state index >= 15 is 0 Å². The topological polar surface area (TPSA) is 0 Å². The first-order valence-electron chi connectivity index (χ1n) is 0. The van der Waals surface area contributed by atoms with Crippen LogP contribution < -0.4 is 49.6 Å². The van der Waals surface area contributed by atoms with Gasteiger partial charge in [0.05, 0.1) is 0 Å². The molecule has 0 saturated carbocycles. The Morgan fingerprint density at radius 2 is 0.571 bits per heavy atom. The maximum Gasteiger partial charge on any atom is 4.00 e. The Morgan fingerprint density at radius 1 is 0.571 bits per heavy atom. The van der Waals surface area contributed by atoms with E-state index in [1.807, 2.05) is 0 Å². The van der Waals surface area contributed by atoms with E-state index in [1.165, 1.54) is 0 Å². The predicted octanol–water partition coefficient (Wildman–Crippen LogP) is -13.3. The summed E-state index contributed by atoms with van der Waals surface area (Å²) in [6, 6.07) is 0. The van der Waals surface area contributed by atoms with Crippen molar-refractivity contribution in [1.29, 1.82) is 0 Å². The van der Waals surface area contributed by atoms with Gasteiger partial charge in [0.15, 0.2) is 0 Å². The molecular formula is H2Cl4KNaZr. The molecule has 0 unspecified atom stereocenters. The second-order valence-corrected chi connectivity index (χ2v) is 0. The van der Waals surface area contributed by atoms with Crippen LogP contribution in [0.5, 0.6) is 0 Å². The molecule has 0 saturated heterocycles. The van der Waals surface area contributed by atoms with Crippen LogP contribution >= 0.6 is 0 Å². The summed E-state index contributed by atoms with van der Waals surface area (Å²) in [6.45, 7) is 0. The van der Waals surface area contributed by atoms with Gasteiger partial charge >= 0.3 is 107 Å². The Kier molecular flexibility index (Phi) is 397. The predicted molar refractivity (Wildman–Crippen MR) is 14.3 cm³/mol. The van der Waals surface area contributed by atoms with Gasteiger partial charge in [-0.2, -0.15) is 0 Å². The summed E-state index contributed by atoms with van der Waals surface area (Å²) in [5.41, 5.74) is 0. The molecular weight excluding hydrogens is 295 g/mol. The molecule has 0 heterocycles. The fourth-order valence-corrected chi connectivity index (χ4v) is 0. The van der Waals surface area contributed by atoms with E-state index in [4.69, 9.17) is 0 Å². The molecule has 36 valence electrons. The van der Waals surface area contributed by atoms with E-state index in [0.717, 1.165) is 0 Å². The summed E-state index contributed by atoms with van der Waals surface area (Å²) < 4.78 is 0. The summed E-state index contributed by atoms with van der Waals surface area (Å²) in [4.78, 5) is 0. The molecule has 0 spiro atoms. The van der Waals surface area contributed by atoms with Crippen LogP contribution in [0, 0.1) is 0 Å². The first-order chi connectivity index (χ1) is 0. The van der Waals surface area contributed by atoms with Gasteiger partial charge in [-0.1, -0.05) is 0 Å². The molecule has 0 aromatic heterocycles. The zero-order valence-electron chi connectivity index (χ0n) is 2.01. The minimum Gasteiger partial charge on any atom is 4.00 e. The SMILES string of the molecule is [Cl-].[Cl-].[Cl-].[Cl-].[KH].[NaH].[Zr+4]. The fourth-order valence-electron chi connectivity index (χ4n) is 0. The first kappa shape index (κ1) is 60.8. The maximum absolute atomic E-state index is 0. The van der Waals surface area contributed by atoms with Gasteiger partial charge in [-0.25, -0.2) is 0 Å². The molecule has 0 nitrogen and oxygen atoms in total. The average molecular weight is 297 g/mol. The largest absolute Gasteiger partial charge is 4.00 e. The van der Waals surface area contributed by atoms with Gasteiger partial charge in [-0.3, -0.25) is 0 Å². The molecule has 0 N–H and O–H groups in total. The Labute approximate surface area is 153 Å². The molecule has 0 bridgehead atoms. The van der Waals surface area contributed by atoms with Crippen LogP contribution in [0.3, 0.4) is 0 Å². The molecule has 7 heavy (non-hydrogen) atoms. The van der Waals surface area contributed by atoms with Crippen molar-refractivity contribution in [3.05, 3.63) is 0 Å². The monoisotopic (exact) mass is 294 g/mol. The van der Waals surface area contributed by atoms with Gasteiger partial charge in [-0.15, -0.1) is 0 Å². The van der Waals surface area contributed by atoms with Crippen molar-refractivity contribution < 1.29 is 75.8 Å². The van der Waals surface area contributed by atoms with E-state index in [-0.39, 0.29) is 157 Å². The van der Waals surface area contributed by atoms with Gasteiger partial charge in [-0.05, 0) is 0 Å². The van der Waals surface area contributed by atoms with Crippen LogP contribution in [0.15, 0.2) is 0 Å². The third-order valence-electron chi connectivity index (χ3n) is 0. The summed E-state index contributed by atoms with van der Waals surface area (Å²) in [5.74, 6) is 0. The summed E-state index contributed by atoms with van der Waals surface area (Å²) in [6.07, 6.45) is 0. The van der Waals surface area contributed by atoms with Gasteiger partial charge in [0.25, 0.3) is 0 Å². The van der Waals surface area contributed by atoms with Crippen LogP contribution in [0.4, 0.5) is 0 Å². The van der Waals surface area contributed by atoms with Crippen LogP contribution in [0.25, 0.3) is 0 Å². The normalized spacial score (nSPS) is 0. The van der Waals surface area contributed by atoms with Crippen molar-refractivity contribution in [3.8, 4) is 0 Å². The van der Waals surface area contributed by atoms with Gasteiger partial charge in [0, 0.05) is 0 Å². The van der Waals surface area contributed by atoms with Crippen molar-refractivity contribution in [3.63, 3.8) is 0 Å². The standard InChI is InChI=1S/4ClH.K.Na.Zr.2H/h4*1H;;;;;/q;;;;;;+4;;/p-4. The minimum absolute atomic E-state index is 0. The Morgan fingerprint density at radius 3 is 0.571 bits per heavy atom. The van der Waals surface area contributed by atoms with Crippen molar-refractivity contribution in [1.82, 2.24) is 0 Å². The van der Waals surface area contributed by atoms with Gasteiger partial charge in [0.2, 0.25) is 0 Å². The first-order valence-corrected chi connectivity index (χ1v) is 0. The fraction of sp³-hybridized carbons (Fsp3) is 0. The zero-order chi connectivity index (χ0) is 0. The summed E-state index contributed by atoms with van der Waals surface area (Å²) >= 11 is 0. The zero-order valence-corrected chi connectivity index (χ0v) is 7.49. The smallest absolute Gasteiger partial charge is 4.00 e. The molecule has 0 atom stereocenters. The van der Waals surface area contributed by atoms with Crippen LogP contribution in [0.2, 0.25) is 0 Å². The van der Waals surface area contributed by atoms with Crippen molar-refractivity contribution in [2.45, 2.75) is 0 Å². The second-order valence-electron chi connectivity index (χ2n) is 0. The molecule has 0 aliphatic rings. The quantitative estimate of drug-likeness (QED) is 0.390. The van der Waals surface area contributed by atoms with Gasteiger partial charge in [0.1, 0.15) is 0 Å². The van der Waals surface area contributed by atoms with Gasteiger partial charge < -0.3 is 49.6 Å². The Balaban J connectivity index is 0. The Bertz CT molecular complexity index is 11.7. The average Bonchev–Trinajstić information content (AvgIpc) is 0. The molecule has 0 aromatic carbocycles. The van der Waals surface area contributed by atoms with Crippen molar-refractivity contribution >= 4 is 80.9 Å². The molecule has 0 rings (SSSR count). The Hall–Kier alpha value is 4.68. The molecule has 7 heteroatoms.